The largest absolute Gasteiger partial charge is 0.334 e. The first-order valence-electron chi connectivity index (χ1n) is 7.54. The van der Waals surface area contributed by atoms with Crippen molar-refractivity contribution in [2.75, 3.05) is 38.5 Å². The summed E-state index contributed by atoms with van der Waals surface area (Å²) >= 11 is 0. The van der Waals surface area contributed by atoms with Crippen molar-refractivity contribution in [3.05, 3.63) is 42.5 Å². The summed E-state index contributed by atoms with van der Waals surface area (Å²) in [4.78, 5) is 27.5. The topological polar surface area (TPSA) is 53.9 Å². The highest BCUT2D eigenvalue weighted by Gasteiger charge is 2.26. The predicted molar refractivity (Wildman–Crippen MR) is 85.8 cm³/mol. The lowest BCUT2D eigenvalue weighted by molar-refractivity contribution is -0.883. The minimum absolute atomic E-state index is 0.444. The number of quaternary nitrogens is 1. The predicted octanol–water partition coefficient (Wildman–Crippen LogP) is 0.135. The number of carbonyl (C=O) groups excluding carboxylic acids is 2. The van der Waals surface area contributed by atoms with E-state index in [4.69, 9.17) is 0 Å². The van der Waals surface area contributed by atoms with Crippen molar-refractivity contribution in [1.82, 2.24) is 4.90 Å². The average Bonchev–Trinajstić information content (AvgIpc) is 2.55. The van der Waals surface area contributed by atoms with Crippen molar-refractivity contribution in [2.24, 2.45) is 0 Å². The van der Waals surface area contributed by atoms with Crippen LogP contribution in [0.1, 0.15) is 0 Å². The summed E-state index contributed by atoms with van der Waals surface area (Å²) in [5.41, 5.74) is 0.677. The molecule has 114 valence electrons. The molecule has 1 aliphatic rings. The fourth-order valence-corrected chi connectivity index (χ4v) is 2.75. The maximum atomic E-state index is 12.2. The highest BCUT2D eigenvalue weighted by molar-refractivity contribution is 6.40. The van der Waals surface area contributed by atoms with Crippen LogP contribution in [-0.2, 0) is 9.59 Å². The molecule has 0 aliphatic carbocycles. The number of fused-ring (bicyclic) bond motifs is 1. The summed E-state index contributed by atoms with van der Waals surface area (Å²) in [5.74, 6) is -1.00. The van der Waals surface area contributed by atoms with Gasteiger partial charge in [0, 0.05) is 11.1 Å². The Balaban J connectivity index is 1.74. The zero-order valence-electron chi connectivity index (χ0n) is 12.6. The lowest BCUT2D eigenvalue weighted by atomic mass is 10.1. The number of piperazine rings is 1. The zero-order chi connectivity index (χ0) is 15.5. The van der Waals surface area contributed by atoms with Crippen LogP contribution in [0, 0.1) is 0 Å². The van der Waals surface area contributed by atoms with Gasteiger partial charge in [-0.05, 0) is 11.5 Å². The summed E-state index contributed by atoms with van der Waals surface area (Å²) in [6.45, 7) is 3.03. The normalized spacial score (nSPS) is 15.8. The zero-order valence-corrected chi connectivity index (χ0v) is 12.6. The molecule has 2 N–H and O–H groups in total. The van der Waals surface area contributed by atoms with Crippen LogP contribution in [0.5, 0.6) is 0 Å². The third-order valence-electron chi connectivity index (χ3n) is 4.14. The van der Waals surface area contributed by atoms with E-state index in [0.29, 0.717) is 18.8 Å². The van der Waals surface area contributed by atoms with Crippen molar-refractivity contribution in [3.63, 3.8) is 0 Å². The molecule has 0 atom stereocenters. The van der Waals surface area contributed by atoms with Crippen molar-refractivity contribution in [3.8, 4) is 0 Å². The Hall–Kier alpha value is -2.40. The molecular formula is C17H20N3O2+. The van der Waals surface area contributed by atoms with E-state index < -0.39 is 11.8 Å². The molecule has 0 bridgehead atoms. The Morgan fingerprint density at radius 3 is 2.50 bits per heavy atom. The van der Waals surface area contributed by atoms with Crippen LogP contribution in [0.15, 0.2) is 42.5 Å². The lowest BCUT2D eigenvalue weighted by Gasteiger charge is -2.29. The highest BCUT2D eigenvalue weighted by Crippen LogP contribution is 2.22. The van der Waals surface area contributed by atoms with Gasteiger partial charge >= 0.3 is 11.8 Å². The average molecular weight is 298 g/mol. The molecule has 1 saturated heterocycles. The van der Waals surface area contributed by atoms with E-state index in [1.165, 1.54) is 4.90 Å². The first-order valence-corrected chi connectivity index (χ1v) is 7.54. The second-order valence-corrected chi connectivity index (χ2v) is 5.73. The summed E-state index contributed by atoms with van der Waals surface area (Å²) in [5, 5.41) is 4.73. The third-order valence-corrected chi connectivity index (χ3v) is 4.14. The SMILES string of the molecule is C[NH+]1CCN(C(=O)C(=O)Nc2cccc3ccccc23)CC1. The molecule has 0 radical (unpaired) electrons. The quantitative estimate of drug-likeness (QED) is 0.736. The van der Waals surface area contributed by atoms with Gasteiger partial charge in [-0.1, -0.05) is 36.4 Å². The molecule has 0 unspecified atom stereocenters. The van der Waals surface area contributed by atoms with Gasteiger partial charge in [-0.15, -0.1) is 0 Å². The second-order valence-electron chi connectivity index (χ2n) is 5.73. The van der Waals surface area contributed by atoms with Gasteiger partial charge in [0.2, 0.25) is 0 Å². The maximum Gasteiger partial charge on any atom is 0.313 e. The number of hydrogen-bond donors (Lipinski definition) is 2. The monoisotopic (exact) mass is 298 g/mol. The summed E-state index contributed by atoms with van der Waals surface area (Å²) < 4.78 is 0. The number of carbonyl (C=O) groups is 2. The van der Waals surface area contributed by atoms with Gasteiger partial charge in [0.1, 0.15) is 0 Å². The van der Waals surface area contributed by atoms with Crippen LogP contribution >= 0.6 is 0 Å². The van der Waals surface area contributed by atoms with Crippen LogP contribution in [0.4, 0.5) is 5.69 Å². The Bertz CT molecular complexity index is 701. The van der Waals surface area contributed by atoms with E-state index in [2.05, 4.69) is 12.4 Å². The number of anilines is 1. The smallest absolute Gasteiger partial charge is 0.313 e. The molecule has 5 heteroatoms. The summed E-state index contributed by atoms with van der Waals surface area (Å²) in [6, 6.07) is 13.5. The molecule has 0 saturated carbocycles. The van der Waals surface area contributed by atoms with Gasteiger partial charge in [0.25, 0.3) is 0 Å². The molecular weight excluding hydrogens is 278 g/mol. The number of rotatable bonds is 1. The van der Waals surface area contributed by atoms with Gasteiger partial charge in [0.05, 0.1) is 33.2 Å². The second kappa shape index (κ2) is 6.15. The standard InChI is InChI=1S/C17H19N3O2/c1-19-9-11-20(12-10-19)17(22)16(21)18-15-8-4-6-13-5-2-3-7-14(13)15/h2-8H,9-12H2,1H3,(H,18,21)/p+1. The number of nitrogens with zero attached hydrogens (tertiary/aromatic N) is 1. The molecule has 1 aliphatic heterocycles. The Morgan fingerprint density at radius 1 is 1.05 bits per heavy atom. The van der Waals surface area contributed by atoms with Gasteiger partial charge in [-0.25, -0.2) is 0 Å². The van der Waals surface area contributed by atoms with E-state index in [1.807, 2.05) is 42.5 Å². The molecule has 1 fully saturated rings. The minimum atomic E-state index is -0.559. The van der Waals surface area contributed by atoms with Crippen LogP contribution < -0.4 is 10.2 Å². The van der Waals surface area contributed by atoms with Gasteiger partial charge in [-0.3, -0.25) is 9.59 Å². The van der Waals surface area contributed by atoms with Crippen molar-refractivity contribution in [1.29, 1.82) is 0 Å². The number of likely N-dealkylation sites (N-methyl/N-ethyl adjacent to an activating group) is 1. The highest BCUT2D eigenvalue weighted by atomic mass is 16.2. The lowest BCUT2D eigenvalue weighted by Crippen LogP contribution is -3.12. The molecule has 3 rings (SSSR count). The first kappa shape index (κ1) is 14.5. The van der Waals surface area contributed by atoms with Gasteiger partial charge < -0.3 is 15.1 Å². The van der Waals surface area contributed by atoms with E-state index in [0.717, 1.165) is 23.9 Å². The van der Waals surface area contributed by atoms with Crippen LogP contribution in [0.3, 0.4) is 0 Å². The molecule has 1 heterocycles. The number of hydrogen-bond acceptors (Lipinski definition) is 2. The fourth-order valence-electron chi connectivity index (χ4n) is 2.75. The number of benzene rings is 2. The van der Waals surface area contributed by atoms with Crippen molar-refractivity contribution >= 4 is 28.3 Å². The van der Waals surface area contributed by atoms with E-state index in [-0.39, 0.29) is 0 Å². The summed E-state index contributed by atoms with van der Waals surface area (Å²) in [6.07, 6.45) is 0. The van der Waals surface area contributed by atoms with E-state index in [1.54, 1.807) is 4.90 Å². The minimum Gasteiger partial charge on any atom is -0.334 e. The Kier molecular flexibility index (Phi) is 4.06. The fraction of sp³-hybridized carbons (Fsp3) is 0.294. The van der Waals surface area contributed by atoms with Crippen LogP contribution in [0.2, 0.25) is 0 Å². The maximum absolute atomic E-state index is 12.2. The van der Waals surface area contributed by atoms with Gasteiger partial charge in [-0.2, -0.15) is 0 Å². The molecule has 2 amide bonds. The number of amides is 2. The molecule has 5 nitrogen and oxygen atoms in total. The first-order chi connectivity index (χ1) is 10.6. The van der Waals surface area contributed by atoms with E-state index in [9.17, 15) is 9.59 Å². The van der Waals surface area contributed by atoms with E-state index >= 15 is 0 Å². The van der Waals surface area contributed by atoms with Crippen molar-refractivity contribution in [2.45, 2.75) is 0 Å². The van der Waals surface area contributed by atoms with Gasteiger partial charge in [0.15, 0.2) is 0 Å². The molecule has 22 heavy (non-hydrogen) atoms. The van der Waals surface area contributed by atoms with Crippen LogP contribution in [-0.4, -0.2) is 49.9 Å². The molecule has 0 aromatic heterocycles. The Labute approximate surface area is 129 Å². The molecule has 2 aromatic rings. The molecule has 2 aromatic carbocycles. The summed E-state index contributed by atoms with van der Waals surface area (Å²) in [7, 11) is 2.10. The Morgan fingerprint density at radius 2 is 1.73 bits per heavy atom. The molecule has 0 spiro atoms. The third kappa shape index (κ3) is 2.94. The number of nitrogens with one attached hydrogen (secondary N) is 2. The van der Waals surface area contributed by atoms with Crippen LogP contribution in [0.25, 0.3) is 10.8 Å². The van der Waals surface area contributed by atoms with Crippen molar-refractivity contribution < 1.29 is 14.5 Å².